The predicted octanol–water partition coefficient (Wildman–Crippen LogP) is 1.41. The molecule has 35 heavy (non-hydrogen) atoms. The minimum absolute atomic E-state index is 0.00672. The van der Waals surface area contributed by atoms with Gasteiger partial charge in [-0.2, -0.15) is 18.3 Å². The van der Waals surface area contributed by atoms with Crippen molar-refractivity contribution in [3.8, 4) is 0 Å². The van der Waals surface area contributed by atoms with E-state index >= 15 is 0 Å². The van der Waals surface area contributed by atoms with Gasteiger partial charge in [0.2, 0.25) is 11.9 Å². The zero-order valence-electron chi connectivity index (χ0n) is 18.8. The smallest absolute Gasteiger partial charge is 0.382 e. The molecule has 3 heterocycles. The van der Waals surface area contributed by atoms with Crippen molar-refractivity contribution in [2.75, 3.05) is 63.3 Å². The number of amides is 1. The van der Waals surface area contributed by atoms with E-state index < -0.39 is 29.0 Å². The molecule has 0 aromatic carbocycles. The van der Waals surface area contributed by atoms with Crippen molar-refractivity contribution < 1.29 is 27.4 Å². The number of hydrogen-bond donors (Lipinski definition) is 2. The first-order valence-electron chi connectivity index (χ1n) is 10.7. The second-order valence-electron chi connectivity index (χ2n) is 7.68. The van der Waals surface area contributed by atoms with E-state index in [1.807, 2.05) is 4.90 Å². The van der Waals surface area contributed by atoms with Crippen molar-refractivity contribution in [1.29, 1.82) is 0 Å². The monoisotopic (exact) mass is 519 g/mol. The molecule has 2 aromatic rings. The Labute approximate surface area is 203 Å². The fourth-order valence-corrected chi connectivity index (χ4v) is 3.61. The van der Waals surface area contributed by atoms with E-state index in [9.17, 15) is 22.8 Å². The van der Waals surface area contributed by atoms with Crippen LogP contribution in [0.2, 0.25) is 5.02 Å². The summed E-state index contributed by atoms with van der Waals surface area (Å²) in [7, 11) is 1.38. The molecule has 3 rings (SSSR count). The van der Waals surface area contributed by atoms with Gasteiger partial charge < -0.3 is 24.6 Å². The molecule has 15 heteroatoms. The molecule has 1 saturated heterocycles. The highest BCUT2D eigenvalue weighted by molar-refractivity contribution is 6.30. The van der Waals surface area contributed by atoms with Crippen LogP contribution in [0.4, 0.5) is 24.8 Å². The highest BCUT2D eigenvalue weighted by Gasteiger charge is 2.37. The number of H-pyrrole nitrogens is 1. The van der Waals surface area contributed by atoms with Crippen LogP contribution in [0.3, 0.4) is 0 Å². The van der Waals surface area contributed by atoms with Crippen molar-refractivity contribution in [1.82, 2.24) is 25.1 Å². The van der Waals surface area contributed by atoms with Gasteiger partial charge >= 0.3 is 6.18 Å². The average molecular weight is 520 g/mol. The summed E-state index contributed by atoms with van der Waals surface area (Å²) in [6.45, 7) is 2.16. The summed E-state index contributed by atoms with van der Waals surface area (Å²) in [6.07, 6.45) is -0.850. The van der Waals surface area contributed by atoms with Crippen LogP contribution >= 0.6 is 11.6 Å². The van der Waals surface area contributed by atoms with Crippen LogP contribution in [-0.2, 0) is 20.4 Å². The summed E-state index contributed by atoms with van der Waals surface area (Å²) in [5, 5.41) is 8.24. The molecule has 0 aliphatic carbocycles. The molecule has 1 fully saturated rings. The van der Waals surface area contributed by atoms with E-state index in [0.717, 1.165) is 6.20 Å². The number of carbonyl (C=O) groups is 1. The molecule has 192 valence electrons. The molecule has 2 aromatic heterocycles. The molecule has 11 nitrogen and oxygen atoms in total. The molecule has 1 atom stereocenters. The number of nitrogens with zero attached hydrogens (tertiary/aromatic N) is 5. The van der Waals surface area contributed by atoms with Crippen molar-refractivity contribution in [2.24, 2.45) is 0 Å². The maximum absolute atomic E-state index is 13.2. The van der Waals surface area contributed by atoms with E-state index in [-0.39, 0.29) is 32.1 Å². The van der Waals surface area contributed by atoms with Crippen LogP contribution in [0, 0.1) is 0 Å². The van der Waals surface area contributed by atoms with E-state index in [0.29, 0.717) is 37.1 Å². The topological polar surface area (TPSA) is 126 Å². The minimum atomic E-state index is -4.87. The zero-order chi connectivity index (χ0) is 25.4. The SMILES string of the molecule is COCC(COCCC(=O)N1CCN(c2ncc(Cl)cn2)CC1)Nc1cn[nH]c(=O)c1C(F)(F)F. The molecule has 1 unspecified atom stereocenters. The molecule has 0 bridgehead atoms. The maximum atomic E-state index is 13.2. The Bertz CT molecular complexity index is 1030. The van der Waals surface area contributed by atoms with Gasteiger partial charge in [0, 0.05) is 33.3 Å². The Kier molecular flexibility index (Phi) is 9.23. The number of halogens is 4. The third kappa shape index (κ3) is 7.50. The number of carbonyl (C=O) groups excluding carboxylic acids is 1. The second-order valence-corrected chi connectivity index (χ2v) is 8.11. The highest BCUT2D eigenvalue weighted by Crippen LogP contribution is 2.31. The number of anilines is 2. The number of hydrogen-bond acceptors (Lipinski definition) is 9. The van der Waals surface area contributed by atoms with Crippen LogP contribution in [0.25, 0.3) is 0 Å². The number of methoxy groups -OCH3 is 1. The number of rotatable bonds is 10. The van der Waals surface area contributed by atoms with E-state index in [1.54, 1.807) is 10.00 Å². The fraction of sp³-hybridized carbons (Fsp3) is 0.550. The molecule has 1 aliphatic heterocycles. The quantitative estimate of drug-likeness (QED) is 0.448. The van der Waals surface area contributed by atoms with Gasteiger partial charge in [-0.25, -0.2) is 15.1 Å². The molecule has 0 radical (unpaired) electrons. The second kappa shape index (κ2) is 12.1. The number of ether oxygens (including phenoxy) is 2. The highest BCUT2D eigenvalue weighted by atomic mass is 35.5. The Morgan fingerprint density at radius 3 is 2.51 bits per heavy atom. The minimum Gasteiger partial charge on any atom is -0.382 e. The van der Waals surface area contributed by atoms with E-state index in [4.69, 9.17) is 21.1 Å². The van der Waals surface area contributed by atoms with Crippen molar-refractivity contribution in [3.63, 3.8) is 0 Å². The van der Waals surface area contributed by atoms with Crippen LogP contribution < -0.4 is 15.8 Å². The van der Waals surface area contributed by atoms with Crippen LogP contribution in [0.1, 0.15) is 12.0 Å². The molecular weight excluding hydrogens is 495 g/mol. The van der Waals surface area contributed by atoms with Crippen molar-refractivity contribution >= 4 is 29.1 Å². The Morgan fingerprint density at radius 2 is 1.89 bits per heavy atom. The number of alkyl halides is 3. The van der Waals surface area contributed by atoms with Gasteiger partial charge in [0.15, 0.2) is 0 Å². The first kappa shape index (κ1) is 26.6. The van der Waals surface area contributed by atoms with E-state index in [1.165, 1.54) is 19.5 Å². The number of piperazine rings is 1. The Hall–Kier alpha value is -2.97. The van der Waals surface area contributed by atoms with Crippen LogP contribution in [0.5, 0.6) is 0 Å². The maximum Gasteiger partial charge on any atom is 0.423 e. The van der Waals surface area contributed by atoms with E-state index in [2.05, 4.69) is 20.4 Å². The summed E-state index contributed by atoms with van der Waals surface area (Å²) in [6, 6.07) is -0.706. The molecule has 0 spiro atoms. The number of aromatic nitrogens is 4. The summed E-state index contributed by atoms with van der Waals surface area (Å²) in [4.78, 5) is 36.1. The zero-order valence-corrected chi connectivity index (χ0v) is 19.6. The van der Waals surface area contributed by atoms with Gasteiger partial charge in [-0.1, -0.05) is 11.6 Å². The standard InChI is InChI=1S/C20H25ClF3N7O4/c1-34-11-14(28-15-10-27-29-18(33)17(15)20(22,23)24)12-35-7-2-16(32)30-3-5-31(6-4-30)19-25-8-13(21)9-26-19/h8-10,14H,2-7,11-12H2,1H3,(H2,28,29,33). The molecular formula is C20H25ClF3N7O4. The lowest BCUT2D eigenvalue weighted by Gasteiger charge is -2.34. The van der Waals surface area contributed by atoms with Gasteiger partial charge in [0.25, 0.3) is 5.56 Å². The fourth-order valence-electron chi connectivity index (χ4n) is 3.51. The van der Waals surface area contributed by atoms with Crippen molar-refractivity contribution in [2.45, 2.75) is 18.6 Å². The van der Waals surface area contributed by atoms with Gasteiger partial charge in [0.1, 0.15) is 5.56 Å². The van der Waals surface area contributed by atoms with Crippen LogP contribution in [-0.4, -0.2) is 90.1 Å². The van der Waals surface area contributed by atoms with Gasteiger partial charge in [-0.05, 0) is 0 Å². The summed E-state index contributed by atoms with van der Waals surface area (Å²) >= 11 is 5.80. The Balaban J connectivity index is 1.45. The average Bonchev–Trinajstić information content (AvgIpc) is 2.81. The predicted molar refractivity (Wildman–Crippen MR) is 120 cm³/mol. The number of nitrogens with one attached hydrogen (secondary N) is 2. The number of aromatic amines is 1. The van der Waals surface area contributed by atoms with Gasteiger partial charge in [0.05, 0.1) is 61.6 Å². The van der Waals surface area contributed by atoms with Crippen LogP contribution in [0.15, 0.2) is 23.4 Å². The Morgan fingerprint density at radius 1 is 1.20 bits per heavy atom. The lowest BCUT2D eigenvalue weighted by Crippen LogP contribution is -2.49. The normalized spacial score (nSPS) is 15.2. The van der Waals surface area contributed by atoms with Gasteiger partial charge in [-0.15, -0.1) is 0 Å². The molecule has 0 saturated carbocycles. The molecule has 1 aliphatic rings. The summed E-state index contributed by atoms with van der Waals surface area (Å²) in [5.41, 5.74) is -3.22. The third-order valence-electron chi connectivity index (χ3n) is 5.17. The first-order chi connectivity index (χ1) is 16.7. The first-order valence-corrected chi connectivity index (χ1v) is 11.0. The van der Waals surface area contributed by atoms with Crippen molar-refractivity contribution in [3.05, 3.63) is 39.5 Å². The molecule has 1 amide bonds. The molecule has 2 N–H and O–H groups in total. The largest absolute Gasteiger partial charge is 0.423 e. The third-order valence-corrected chi connectivity index (χ3v) is 5.36. The van der Waals surface area contributed by atoms with Gasteiger partial charge in [-0.3, -0.25) is 9.59 Å². The lowest BCUT2D eigenvalue weighted by atomic mass is 10.2. The summed E-state index contributed by atoms with van der Waals surface area (Å²) < 4.78 is 50.3. The summed E-state index contributed by atoms with van der Waals surface area (Å²) in [5.74, 6) is 0.446. The lowest BCUT2D eigenvalue weighted by molar-refractivity contribution is -0.138.